The number of hydrogen-bond acceptors (Lipinski definition) is 4. The lowest BCUT2D eigenvalue weighted by Crippen LogP contribution is -2.48. The Morgan fingerprint density at radius 2 is 1.58 bits per heavy atom. The van der Waals surface area contributed by atoms with Crippen molar-refractivity contribution in [2.75, 3.05) is 30.6 Å². The number of hydrogen-bond donors (Lipinski definition) is 1. The van der Waals surface area contributed by atoms with Gasteiger partial charge in [0, 0.05) is 25.2 Å². The second-order valence-corrected chi connectivity index (χ2v) is 11.5. The van der Waals surface area contributed by atoms with Crippen molar-refractivity contribution in [1.82, 2.24) is 5.32 Å². The molecule has 6 nitrogen and oxygen atoms in total. The third-order valence-electron chi connectivity index (χ3n) is 7.13. The highest BCUT2D eigenvalue weighted by Gasteiger charge is 2.35. The fraction of sp³-hybridized carbons (Fsp3) is 0.345. The molecule has 190 valence electrons. The molecule has 0 unspecified atom stereocenters. The molecule has 1 amide bonds. The molecule has 3 aromatic rings. The molecule has 0 bridgehead atoms. The Bertz CT molecular complexity index is 1300. The zero-order chi connectivity index (χ0) is 25.8. The lowest BCUT2D eigenvalue weighted by Gasteiger charge is -2.38. The summed E-state index contributed by atoms with van der Waals surface area (Å²) in [5.74, 6) is -0.342. The van der Waals surface area contributed by atoms with Crippen LogP contribution in [0.2, 0.25) is 0 Å². The number of rotatable bonds is 8. The van der Waals surface area contributed by atoms with Crippen LogP contribution in [0.1, 0.15) is 35.1 Å². The summed E-state index contributed by atoms with van der Waals surface area (Å²) in [6.45, 7) is 7.18. The second-order valence-electron chi connectivity index (χ2n) is 9.63. The number of nitrogens with zero attached hydrogens (tertiary/aromatic N) is 1. The smallest absolute Gasteiger partial charge is 0.264 e. The normalized spacial score (nSPS) is 15.3. The maximum absolute atomic E-state index is 13.7. The molecule has 0 radical (unpaired) electrons. The van der Waals surface area contributed by atoms with Crippen LogP contribution in [-0.4, -0.2) is 40.6 Å². The summed E-state index contributed by atoms with van der Waals surface area (Å²) in [6, 6.07) is 22.3. The van der Waals surface area contributed by atoms with Crippen molar-refractivity contribution in [2.45, 2.75) is 43.9 Å². The molecule has 1 fully saturated rings. The van der Waals surface area contributed by atoms with Crippen LogP contribution in [0.15, 0.2) is 77.7 Å². The molecule has 0 spiro atoms. The Balaban J connectivity index is 1.60. The average Bonchev–Trinajstić information content (AvgIpc) is 2.89. The van der Waals surface area contributed by atoms with Gasteiger partial charge in [-0.2, -0.15) is 0 Å². The lowest BCUT2D eigenvalue weighted by molar-refractivity contribution is -0.120. The lowest BCUT2D eigenvalue weighted by atomic mass is 9.74. The van der Waals surface area contributed by atoms with E-state index in [0.717, 1.165) is 35.1 Å². The molecule has 0 aliphatic carbocycles. The monoisotopic (exact) mass is 506 g/mol. The van der Waals surface area contributed by atoms with Crippen molar-refractivity contribution >= 4 is 21.6 Å². The number of ether oxygens (including phenoxy) is 1. The van der Waals surface area contributed by atoms with Gasteiger partial charge in [0.2, 0.25) is 5.91 Å². The van der Waals surface area contributed by atoms with Gasteiger partial charge in [0.05, 0.1) is 10.6 Å². The zero-order valence-electron chi connectivity index (χ0n) is 21.2. The van der Waals surface area contributed by atoms with Gasteiger partial charge in [-0.25, -0.2) is 8.42 Å². The Hall–Kier alpha value is -3.16. The summed E-state index contributed by atoms with van der Waals surface area (Å²) in [7, 11) is -3.95. The summed E-state index contributed by atoms with van der Waals surface area (Å²) < 4.78 is 34.2. The summed E-state index contributed by atoms with van der Waals surface area (Å²) in [6.07, 6.45) is 1.58. The average molecular weight is 507 g/mol. The van der Waals surface area contributed by atoms with E-state index in [1.54, 1.807) is 30.3 Å². The van der Waals surface area contributed by atoms with Crippen LogP contribution < -0.4 is 9.62 Å². The van der Waals surface area contributed by atoms with Crippen LogP contribution >= 0.6 is 0 Å². The van der Waals surface area contributed by atoms with Crippen molar-refractivity contribution in [1.29, 1.82) is 0 Å². The van der Waals surface area contributed by atoms with Crippen LogP contribution in [0.25, 0.3) is 0 Å². The van der Waals surface area contributed by atoms with E-state index in [0.29, 0.717) is 25.4 Å². The van der Waals surface area contributed by atoms with Gasteiger partial charge in [-0.15, -0.1) is 0 Å². The summed E-state index contributed by atoms with van der Waals surface area (Å²) >= 11 is 0. The van der Waals surface area contributed by atoms with Crippen LogP contribution in [0, 0.1) is 20.8 Å². The molecule has 0 atom stereocenters. The third-order valence-corrected chi connectivity index (χ3v) is 8.92. The Morgan fingerprint density at radius 1 is 0.917 bits per heavy atom. The Kier molecular flexibility index (Phi) is 7.81. The molecule has 1 aliphatic rings. The third kappa shape index (κ3) is 5.63. The van der Waals surface area contributed by atoms with Crippen molar-refractivity contribution in [3.8, 4) is 0 Å². The fourth-order valence-corrected chi connectivity index (χ4v) is 6.02. The second kappa shape index (κ2) is 10.8. The highest BCUT2D eigenvalue weighted by atomic mass is 32.2. The number of amides is 1. The van der Waals surface area contributed by atoms with E-state index < -0.39 is 10.0 Å². The first-order valence-electron chi connectivity index (χ1n) is 12.3. The SMILES string of the molecule is Cc1ccc(S(=O)(=O)N(CC(=O)NCC2(c3ccccc3)CCOCC2)c2ccc(C)c(C)c2)cc1. The van der Waals surface area contributed by atoms with Crippen molar-refractivity contribution < 1.29 is 17.9 Å². The fourth-order valence-electron chi connectivity index (χ4n) is 4.61. The van der Waals surface area contributed by atoms with Crippen LogP contribution in [0.4, 0.5) is 5.69 Å². The van der Waals surface area contributed by atoms with Crippen LogP contribution in [0.5, 0.6) is 0 Å². The van der Waals surface area contributed by atoms with Gasteiger partial charge in [-0.1, -0.05) is 54.1 Å². The molecule has 0 aromatic heterocycles. The number of sulfonamides is 1. The first-order chi connectivity index (χ1) is 17.2. The van der Waals surface area contributed by atoms with Crippen molar-refractivity contribution in [3.63, 3.8) is 0 Å². The van der Waals surface area contributed by atoms with Gasteiger partial charge >= 0.3 is 0 Å². The first kappa shape index (κ1) is 25.9. The molecular weight excluding hydrogens is 472 g/mol. The molecule has 7 heteroatoms. The molecule has 3 aromatic carbocycles. The van der Waals surface area contributed by atoms with Gasteiger partial charge in [0.15, 0.2) is 0 Å². The van der Waals surface area contributed by atoms with Crippen molar-refractivity contribution in [3.05, 3.63) is 95.1 Å². The molecule has 1 N–H and O–H groups in total. The maximum atomic E-state index is 13.7. The molecule has 1 aliphatic heterocycles. The summed E-state index contributed by atoms with van der Waals surface area (Å²) in [4.78, 5) is 13.4. The van der Waals surface area contributed by atoms with Gasteiger partial charge in [0.25, 0.3) is 10.0 Å². The highest BCUT2D eigenvalue weighted by molar-refractivity contribution is 7.92. The molecule has 36 heavy (non-hydrogen) atoms. The molecule has 0 saturated carbocycles. The number of carbonyl (C=O) groups excluding carboxylic acids is 1. The zero-order valence-corrected chi connectivity index (χ0v) is 22.0. The summed E-state index contributed by atoms with van der Waals surface area (Å²) in [5, 5.41) is 3.05. The first-order valence-corrected chi connectivity index (χ1v) is 13.7. The molecular formula is C29H34N2O4S. The largest absolute Gasteiger partial charge is 0.381 e. The van der Waals surface area contributed by atoms with Gasteiger partial charge in [-0.05, 0) is 74.6 Å². The van der Waals surface area contributed by atoms with E-state index in [-0.39, 0.29) is 22.8 Å². The van der Waals surface area contributed by atoms with E-state index in [4.69, 9.17) is 4.74 Å². The maximum Gasteiger partial charge on any atom is 0.264 e. The number of aryl methyl sites for hydroxylation is 3. The Morgan fingerprint density at radius 3 is 2.22 bits per heavy atom. The molecule has 1 heterocycles. The standard InChI is InChI=1S/C29H34N2O4S/c1-22-9-13-27(14-10-22)36(33,34)31(26-12-11-23(2)24(3)19-26)20-28(32)30-21-29(15-17-35-18-16-29)25-7-5-4-6-8-25/h4-14,19H,15-18,20-21H2,1-3H3,(H,30,32). The Labute approximate surface area is 214 Å². The van der Waals surface area contributed by atoms with Gasteiger partial charge in [0.1, 0.15) is 6.54 Å². The van der Waals surface area contributed by atoms with Crippen LogP contribution in [0.3, 0.4) is 0 Å². The van der Waals surface area contributed by atoms with Crippen LogP contribution in [-0.2, 0) is 25.0 Å². The van der Waals surface area contributed by atoms with E-state index in [9.17, 15) is 13.2 Å². The number of carbonyl (C=O) groups is 1. The van der Waals surface area contributed by atoms with Gasteiger partial charge < -0.3 is 10.1 Å². The number of benzene rings is 3. The quantitative estimate of drug-likeness (QED) is 0.482. The van der Waals surface area contributed by atoms with E-state index >= 15 is 0 Å². The molecule has 4 rings (SSSR count). The minimum atomic E-state index is -3.95. The van der Waals surface area contributed by atoms with Gasteiger partial charge in [-0.3, -0.25) is 9.10 Å². The number of anilines is 1. The number of nitrogens with one attached hydrogen (secondary N) is 1. The van der Waals surface area contributed by atoms with E-state index in [1.165, 1.54) is 4.31 Å². The van der Waals surface area contributed by atoms with E-state index in [1.807, 2.05) is 51.1 Å². The van der Waals surface area contributed by atoms with E-state index in [2.05, 4.69) is 17.4 Å². The predicted octanol–water partition coefficient (Wildman–Crippen LogP) is 4.67. The predicted molar refractivity (Wildman–Crippen MR) is 143 cm³/mol. The topological polar surface area (TPSA) is 75.7 Å². The van der Waals surface area contributed by atoms with Crippen molar-refractivity contribution in [2.24, 2.45) is 0 Å². The molecule has 1 saturated heterocycles. The minimum Gasteiger partial charge on any atom is -0.381 e. The highest BCUT2D eigenvalue weighted by Crippen LogP contribution is 2.34. The summed E-state index contributed by atoms with van der Waals surface area (Å²) in [5.41, 5.74) is 4.37. The minimum absolute atomic E-state index is 0.157.